The number of rotatable bonds is 11. The summed E-state index contributed by atoms with van der Waals surface area (Å²) in [6.07, 6.45) is 3.97. The Hall–Kier alpha value is -5.01. The van der Waals surface area contributed by atoms with Crippen molar-refractivity contribution >= 4 is 28.4 Å². The zero-order chi connectivity index (χ0) is 29.9. The van der Waals surface area contributed by atoms with Gasteiger partial charge in [0.25, 0.3) is 5.91 Å². The normalized spacial score (nSPS) is 15.4. The third-order valence-corrected chi connectivity index (χ3v) is 7.68. The zero-order valence-corrected chi connectivity index (χ0v) is 24.0. The number of ether oxygens (including phenoxy) is 3. The van der Waals surface area contributed by atoms with Gasteiger partial charge in [-0.1, -0.05) is 6.07 Å². The van der Waals surface area contributed by atoms with E-state index >= 15 is 0 Å². The third-order valence-electron chi connectivity index (χ3n) is 7.68. The highest BCUT2D eigenvalue weighted by Gasteiger charge is 2.27. The highest BCUT2D eigenvalue weighted by Crippen LogP contribution is 2.36. The van der Waals surface area contributed by atoms with Crippen LogP contribution in [0.25, 0.3) is 22.6 Å². The van der Waals surface area contributed by atoms with Crippen LogP contribution in [0.3, 0.4) is 0 Å². The summed E-state index contributed by atoms with van der Waals surface area (Å²) in [6, 6.07) is 16.1. The molecule has 0 atom stereocenters. The van der Waals surface area contributed by atoms with E-state index in [0.717, 1.165) is 63.5 Å². The molecule has 13 nitrogen and oxygen atoms in total. The molecule has 1 saturated heterocycles. The minimum atomic E-state index is -0.236. The number of nitrogens with one attached hydrogen (secondary N) is 1. The minimum Gasteiger partial charge on any atom is -0.492 e. The van der Waals surface area contributed by atoms with Crippen LogP contribution in [-0.2, 0) is 11.3 Å². The SMILES string of the molecule is Nc1nonc1-c1nc2cnc(Oc3cccc(NC(=O)c4ccc(OCCN5CCOCC5)cc4)c3)cc2n1CC1CC1. The van der Waals surface area contributed by atoms with Crippen LogP contribution in [-0.4, -0.2) is 75.1 Å². The Morgan fingerprint density at radius 1 is 1.05 bits per heavy atom. The van der Waals surface area contributed by atoms with Gasteiger partial charge in [0.2, 0.25) is 5.88 Å². The summed E-state index contributed by atoms with van der Waals surface area (Å²) in [5, 5.41) is 10.6. The molecule has 3 aromatic heterocycles. The predicted octanol–water partition coefficient (Wildman–Crippen LogP) is 4.23. The lowest BCUT2D eigenvalue weighted by Crippen LogP contribution is -2.38. The lowest BCUT2D eigenvalue weighted by molar-refractivity contribution is 0.0322. The fourth-order valence-electron chi connectivity index (χ4n) is 5.12. The molecule has 2 fully saturated rings. The second-order valence-corrected chi connectivity index (χ2v) is 10.9. The monoisotopic (exact) mass is 596 g/mol. The summed E-state index contributed by atoms with van der Waals surface area (Å²) in [6.45, 7) is 5.56. The number of benzene rings is 2. The Balaban J connectivity index is 1.01. The van der Waals surface area contributed by atoms with Gasteiger partial charge in [0.15, 0.2) is 17.3 Å². The maximum Gasteiger partial charge on any atom is 0.255 e. The molecule has 7 rings (SSSR count). The van der Waals surface area contributed by atoms with E-state index in [-0.39, 0.29) is 11.7 Å². The van der Waals surface area contributed by atoms with Gasteiger partial charge in [-0.05, 0) is 65.5 Å². The molecule has 3 N–H and O–H groups in total. The lowest BCUT2D eigenvalue weighted by atomic mass is 10.2. The maximum atomic E-state index is 13.0. The van der Waals surface area contributed by atoms with Crippen LogP contribution >= 0.6 is 0 Å². The molecule has 2 aromatic carbocycles. The number of carbonyl (C=O) groups excluding carboxylic acids is 1. The van der Waals surface area contributed by atoms with Crippen LogP contribution in [0.4, 0.5) is 11.5 Å². The Kier molecular flexibility index (Phi) is 7.78. The van der Waals surface area contributed by atoms with E-state index in [1.807, 2.05) is 24.3 Å². The highest BCUT2D eigenvalue weighted by molar-refractivity contribution is 6.04. The smallest absolute Gasteiger partial charge is 0.255 e. The topological polar surface area (TPSA) is 156 Å². The van der Waals surface area contributed by atoms with Crippen LogP contribution in [0.1, 0.15) is 23.2 Å². The molecule has 13 heteroatoms. The van der Waals surface area contributed by atoms with E-state index in [9.17, 15) is 4.79 Å². The lowest BCUT2D eigenvalue weighted by Gasteiger charge is -2.26. The number of anilines is 2. The first-order valence-electron chi connectivity index (χ1n) is 14.7. The van der Waals surface area contributed by atoms with Crippen molar-refractivity contribution < 1.29 is 23.6 Å². The van der Waals surface area contributed by atoms with Crippen molar-refractivity contribution in [2.45, 2.75) is 19.4 Å². The van der Waals surface area contributed by atoms with Crippen LogP contribution in [0.15, 0.2) is 65.4 Å². The van der Waals surface area contributed by atoms with Crippen molar-refractivity contribution in [2.75, 3.05) is 50.5 Å². The molecule has 5 aromatic rings. The molecule has 2 aliphatic rings. The molecule has 1 amide bonds. The molecule has 1 saturated carbocycles. The van der Waals surface area contributed by atoms with E-state index in [4.69, 9.17) is 29.6 Å². The third kappa shape index (κ3) is 6.33. The molecule has 0 bridgehead atoms. The van der Waals surface area contributed by atoms with Crippen molar-refractivity contribution in [3.63, 3.8) is 0 Å². The van der Waals surface area contributed by atoms with Gasteiger partial charge in [0, 0.05) is 49.6 Å². The number of pyridine rings is 1. The standard InChI is InChI=1S/C31H32N8O5/c32-29-28(36-44-37-29)30-35-25-18-33-27(17-26(25)39(30)19-20-4-5-20)43-24-3-1-2-22(16-24)34-31(40)21-6-8-23(9-7-21)42-15-12-38-10-13-41-14-11-38/h1-3,6-9,16-18,20H,4-5,10-15,19H2,(H2,32,37)(H,34,40). The largest absolute Gasteiger partial charge is 0.492 e. The number of hydrogen-bond acceptors (Lipinski definition) is 11. The van der Waals surface area contributed by atoms with Crippen molar-refractivity contribution in [3.05, 3.63) is 66.4 Å². The van der Waals surface area contributed by atoms with Crippen molar-refractivity contribution in [3.8, 4) is 28.9 Å². The molecule has 44 heavy (non-hydrogen) atoms. The molecule has 1 aliphatic heterocycles. The molecular formula is C31H32N8O5. The first kappa shape index (κ1) is 27.8. The van der Waals surface area contributed by atoms with Crippen LogP contribution < -0.4 is 20.5 Å². The number of nitrogens with zero attached hydrogens (tertiary/aromatic N) is 6. The van der Waals surface area contributed by atoms with Crippen molar-refractivity contribution in [2.24, 2.45) is 5.92 Å². The Morgan fingerprint density at radius 3 is 2.66 bits per heavy atom. The summed E-state index contributed by atoms with van der Waals surface area (Å²) in [5.74, 6) is 2.73. The maximum absolute atomic E-state index is 13.0. The van der Waals surface area contributed by atoms with E-state index in [0.29, 0.717) is 52.4 Å². The van der Waals surface area contributed by atoms with Crippen LogP contribution in [0.5, 0.6) is 17.4 Å². The molecule has 0 spiro atoms. The van der Waals surface area contributed by atoms with Crippen LogP contribution in [0.2, 0.25) is 0 Å². The Morgan fingerprint density at radius 2 is 1.89 bits per heavy atom. The summed E-state index contributed by atoms with van der Waals surface area (Å²) in [4.78, 5) is 24.4. The number of hydrogen-bond donors (Lipinski definition) is 2. The van der Waals surface area contributed by atoms with Gasteiger partial charge in [-0.25, -0.2) is 14.6 Å². The number of imidazole rings is 1. The molecule has 4 heterocycles. The molecule has 0 unspecified atom stereocenters. The number of aromatic nitrogens is 5. The summed E-state index contributed by atoms with van der Waals surface area (Å²) >= 11 is 0. The quantitative estimate of drug-likeness (QED) is 0.225. The van der Waals surface area contributed by atoms with E-state index in [1.165, 1.54) is 0 Å². The highest BCUT2D eigenvalue weighted by atomic mass is 16.6. The number of fused-ring (bicyclic) bond motifs is 1. The zero-order valence-electron chi connectivity index (χ0n) is 24.0. The van der Waals surface area contributed by atoms with Crippen LogP contribution in [0, 0.1) is 5.92 Å². The van der Waals surface area contributed by atoms with Crippen molar-refractivity contribution in [1.29, 1.82) is 0 Å². The fourth-order valence-corrected chi connectivity index (χ4v) is 5.12. The summed E-state index contributed by atoms with van der Waals surface area (Å²) in [7, 11) is 0. The van der Waals surface area contributed by atoms with Gasteiger partial charge < -0.3 is 29.8 Å². The molecule has 226 valence electrons. The molecule has 0 radical (unpaired) electrons. The summed E-state index contributed by atoms with van der Waals surface area (Å²) < 4.78 is 24.2. The van der Waals surface area contributed by atoms with Gasteiger partial charge in [-0.15, -0.1) is 0 Å². The van der Waals surface area contributed by atoms with Gasteiger partial charge in [-0.2, -0.15) is 0 Å². The average molecular weight is 597 g/mol. The predicted molar refractivity (Wildman–Crippen MR) is 162 cm³/mol. The first-order valence-corrected chi connectivity index (χ1v) is 14.7. The fraction of sp³-hybridized carbons (Fsp3) is 0.323. The molecule has 1 aliphatic carbocycles. The van der Waals surface area contributed by atoms with Gasteiger partial charge in [-0.3, -0.25) is 9.69 Å². The number of nitrogens with two attached hydrogens (primary N) is 1. The van der Waals surface area contributed by atoms with Crippen molar-refractivity contribution in [1.82, 2.24) is 29.7 Å². The van der Waals surface area contributed by atoms with Gasteiger partial charge in [0.1, 0.15) is 23.6 Å². The molecular weight excluding hydrogens is 564 g/mol. The van der Waals surface area contributed by atoms with Gasteiger partial charge >= 0.3 is 0 Å². The average Bonchev–Trinajstić information content (AvgIpc) is 3.66. The second-order valence-electron chi connectivity index (χ2n) is 10.9. The second kappa shape index (κ2) is 12.3. The van der Waals surface area contributed by atoms with E-state index < -0.39 is 0 Å². The van der Waals surface area contributed by atoms with E-state index in [2.05, 4.69) is 30.1 Å². The number of morpholine rings is 1. The van der Waals surface area contributed by atoms with E-state index in [1.54, 1.807) is 36.5 Å². The summed E-state index contributed by atoms with van der Waals surface area (Å²) in [5.41, 5.74) is 9.02. The minimum absolute atomic E-state index is 0.185. The number of amides is 1. The Labute approximate surface area is 252 Å². The Bertz CT molecular complexity index is 1760. The number of carbonyl (C=O) groups is 1. The number of nitrogen functional groups attached to an aromatic ring is 1. The van der Waals surface area contributed by atoms with Gasteiger partial charge in [0.05, 0.1) is 24.9 Å². The first-order chi connectivity index (χ1) is 21.6.